The molecule has 0 unspecified atom stereocenters. The lowest BCUT2D eigenvalue weighted by Crippen LogP contribution is -2.29. The fourth-order valence-corrected chi connectivity index (χ4v) is 2.61. The summed E-state index contributed by atoms with van der Waals surface area (Å²) in [5.74, 6) is 1.41. The summed E-state index contributed by atoms with van der Waals surface area (Å²) in [5, 5.41) is 0.608. The van der Waals surface area contributed by atoms with Crippen molar-refractivity contribution < 1.29 is 0 Å². The van der Waals surface area contributed by atoms with Gasteiger partial charge in [0.15, 0.2) is 0 Å². The standard InChI is InChI=1S/C14H22ClN3/c1-4-5-8-18(11-6-7-11)14-12(10(2)3)13(15)16-9-17-14/h9-11H,4-8H2,1-3H3. The molecule has 4 heteroatoms. The van der Waals surface area contributed by atoms with E-state index in [-0.39, 0.29) is 0 Å². The van der Waals surface area contributed by atoms with E-state index in [0.717, 1.165) is 17.9 Å². The third kappa shape index (κ3) is 2.94. The van der Waals surface area contributed by atoms with E-state index in [1.807, 2.05) is 0 Å². The van der Waals surface area contributed by atoms with Crippen LogP contribution in [0.4, 0.5) is 5.82 Å². The van der Waals surface area contributed by atoms with Gasteiger partial charge in [-0.05, 0) is 25.2 Å². The topological polar surface area (TPSA) is 29.0 Å². The number of aromatic nitrogens is 2. The zero-order valence-corrected chi connectivity index (χ0v) is 12.2. The molecule has 0 saturated heterocycles. The van der Waals surface area contributed by atoms with Crippen LogP contribution in [0.3, 0.4) is 0 Å². The third-order valence-corrected chi connectivity index (χ3v) is 3.71. The summed E-state index contributed by atoms with van der Waals surface area (Å²) in [6, 6.07) is 0.667. The molecule has 0 radical (unpaired) electrons. The summed E-state index contributed by atoms with van der Waals surface area (Å²) < 4.78 is 0. The Morgan fingerprint density at radius 2 is 2.11 bits per heavy atom. The Morgan fingerprint density at radius 3 is 2.67 bits per heavy atom. The van der Waals surface area contributed by atoms with E-state index in [9.17, 15) is 0 Å². The molecule has 0 N–H and O–H groups in total. The number of hydrogen-bond donors (Lipinski definition) is 0. The first-order valence-corrected chi connectivity index (χ1v) is 7.30. The second-order valence-corrected chi connectivity index (χ2v) is 5.69. The van der Waals surface area contributed by atoms with Gasteiger partial charge in [-0.15, -0.1) is 0 Å². The number of rotatable bonds is 6. The molecule has 0 aromatic carbocycles. The first-order valence-electron chi connectivity index (χ1n) is 6.92. The van der Waals surface area contributed by atoms with Gasteiger partial charge in [-0.3, -0.25) is 0 Å². The van der Waals surface area contributed by atoms with Crippen molar-refractivity contribution in [2.75, 3.05) is 11.4 Å². The number of anilines is 1. The molecule has 1 aliphatic rings. The highest BCUT2D eigenvalue weighted by Crippen LogP contribution is 2.37. The fourth-order valence-electron chi connectivity index (χ4n) is 2.27. The van der Waals surface area contributed by atoms with Gasteiger partial charge < -0.3 is 4.90 Å². The molecule has 100 valence electrons. The third-order valence-electron chi connectivity index (χ3n) is 3.40. The van der Waals surface area contributed by atoms with Crippen molar-refractivity contribution in [3.63, 3.8) is 0 Å². The van der Waals surface area contributed by atoms with E-state index in [1.54, 1.807) is 6.33 Å². The van der Waals surface area contributed by atoms with Crippen LogP contribution in [0.2, 0.25) is 5.15 Å². The lowest BCUT2D eigenvalue weighted by atomic mass is 10.1. The molecule has 0 bridgehead atoms. The second-order valence-electron chi connectivity index (χ2n) is 5.33. The minimum absolute atomic E-state index is 0.358. The number of hydrogen-bond acceptors (Lipinski definition) is 3. The number of nitrogens with zero attached hydrogens (tertiary/aromatic N) is 3. The highest BCUT2D eigenvalue weighted by Gasteiger charge is 2.32. The van der Waals surface area contributed by atoms with Crippen LogP contribution < -0.4 is 4.90 Å². The molecule has 18 heavy (non-hydrogen) atoms. The van der Waals surface area contributed by atoms with E-state index in [4.69, 9.17) is 11.6 Å². The zero-order chi connectivity index (χ0) is 13.1. The minimum Gasteiger partial charge on any atom is -0.353 e. The van der Waals surface area contributed by atoms with Crippen molar-refractivity contribution in [3.05, 3.63) is 17.0 Å². The van der Waals surface area contributed by atoms with Gasteiger partial charge in [-0.2, -0.15) is 0 Å². The number of unbranched alkanes of at least 4 members (excludes halogenated alkanes) is 1. The maximum atomic E-state index is 6.25. The Bertz CT molecular complexity index is 402. The fraction of sp³-hybridized carbons (Fsp3) is 0.714. The molecule has 0 aliphatic heterocycles. The predicted molar refractivity (Wildman–Crippen MR) is 76.4 cm³/mol. The smallest absolute Gasteiger partial charge is 0.138 e. The van der Waals surface area contributed by atoms with Crippen LogP contribution in [0, 0.1) is 0 Å². The highest BCUT2D eigenvalue weighted by atomic mass is 35.5. The van der Waals surface area contributed by atoms with Crippen LogP contribution >= 0.6 is 11.6 Å². The van der Waals surface area contributed by atoms with E-state index >= 15 is 0 Å². The Balaban J connectivity index is 2.31. The van der Waals surface area contributed by atoms with Crippen molar-refractivity contribution in [2.24, 2.45) is 0 Å². The van der Waals surface area contributed by atoms with Gasteiger partial charge >= 0.3 is 0 Å². The lowest BCUT2D eigenvalue weighted by Gasteiger charge is -2.27. The molecule has 0 amide bonds. The molecule has 1 aromatic heterocycles. The van der Waals surface area contributed by atoms with Crippen molar-refractivity contribution >= 4 is 17.4 Å². The maximum Gasteiger partial charge on any atom is 0.138 e. The Hall–Kier alpha value is -0.830. The predicted octanol–water partition coefficient (Wildman–Crippen LogP) is 4.02. The van der Waals surface area contributed by atoms with Crippen molar-refractivity contribution in [1.82, 2.24) is 9.97 Å². The molecule has 1 heterocycles. The van der Waals surface area contributed by atoms with Gasteiger partial charge in [0.25, 0.3) is 0 Å². The van der Waals surface area contributed by atoms with Crippen LogP contribution in [0.15, 0.2) is 6.33 Å². The van der Waals surface area contributed by atoms with Gasteiger partial charge in [0.1, 0.15) is 17.3 Å². The lowest BCUT2D eigenvalue weighted by molar-refractivity contribution is 0.692. The molecule has 1 saturated carbocycles. The molecule has 0 atom stereocenters. The van der Waals surface area contributed by atoms with Crippen molar-refractivity contribution in [3.8, 4) is 0 Å². The van der Waals surface area contributed by atoms with Crippen molar-refractivity contribution in [2.45, 2.75) is 58.4 Å². The van der Waals surface area contributed by atoms with E-state index in [0.29, 0.717) is 17.1 Å². The second kappa shape index (κ2) is 5.87. The van der Waals surface area contributed by atoms with Crippen LogP contribution in [-0.4, -0.2) is 22.6 Å². The molecule has 1 aromatic rings. The van der Waals surface area contributed by atoms with Crippen LogP contribution in [0.5, 0.6) is 0 Å². The van der Waals surface area contributed by atoms with Crippen LogP contribution in [0.25, 0.3) is 0 Å². The average molecular weight is 268 g/mol. The van der Waals surface area contributed by atoms with E-state index < -0.39 is 0 Å². The Labute approximate surface area is 115 Å². The molecular weight excluding hydrogens is 246 g/mol. The number of halogens is 1. The van der Waals surface area contributed by atoms with Gasteiger partial charge in [-0.25, -0.2) is 9.97 Å². The maximum absolute atomic E-state index is 6.25. The monoisotopic (exact) mass is 267 g/mol. The highest BCUT2D eigenvalue weighted by molar-refractivity contribution is 6.30. The molecule has 2 rings (SSSR count). The largest absolute Gasteiger partial charge is 0.353 e. The molecule has 3 nitrogen and oxygen atoms in total. The quantitative estimate of drug-likeness (QED) is 0.729. The normalized spacial score (nSPS) is 15.2. The summed E-state index contributed by atoms with van der Waals surface area (Å²) in [6.45, 7) is 7.60. The molecular formula is C14H22ClN3. The van der Waals surface area contributed by atoms with E-state index in [2.05, 4.69) is 35.6 Å². The summed E-state index contributed by atoms with van der Waals surface area (Å²) >= 11 is 6.25. The molecule has 1 fully saturated rings. The summed E-state index contributed by atoms with van der Waals surface area (Å²) in [6.07, 6.45) is 6.56. The average Bonchev–Trinajstić information content (AvgIpc) is 3.13. The first-order chi connectivity index (χ1) is 8.65. The van der Waals surface area contributed by atoms with Gasteiger partial charge in [-0.1, -0.05) is 38.8 Å². The summed E-state index contributed by atoms with van der Waals surface area (Å²) in [4.78, 5) is 11.1. The van der Waals surface area contributed by atoms with Crippen LogP contribution in [-0.2, 0) is 0 Å². The van der Waals surface area contributed by atoms with E-state index in [1.165, 1.54) is 25.7 Å². The minimum atomic E-state index is 0.358. The Morgan fingerprint density at radius 1 is 1.39 bits per heavy atom. The zero-order valence-electron chi connectivity index (χ0n) is 11.5. The van der Waals surface area contributed by atoms with Crippen LogP contribution in [0.1, 0.15) is 57.9 Å². The first kappa shape index (κ1) is 13.6. The molecule has 1 aliphatic carbocycles. The van der Waals surface area contributed by atoms with Gasteiger partial charge in [0.05, 0.1) is 0 Å². The van der Waals surface area contributed by atoms with Gasteiger partial charge in [0, 0.05) is 18.2 Å². The SMILES string of the molecule is CCCCN(c1ncnc(Cl)c1C(C)C)C1CC1. The summed E-state index contributed by atoms with van der Waals surface area (Å²) in [7, 11) is 0. The van der Waals surface area contributed by atoms with Gasteiger partial charge in [0.2, 0.25) is 0 Å². The van der Waals surface area contributed by atoms with Crippen molar-refractivity contribution in [1.29, 1.82) is 0 Å². The molecule has 0 spiro atoms. The Kier molecular flexibility index (Phi) is 4.44. The summed E-state index contributed by atoms with van der Waals surface area (Å²) in [5.41, 5.74) is 1.10.